The molecule has 8 rings (SSSR count). The summed E-state index contributed by atoms with van der Waals surface area (Å²) in [6.45, 7) is 2.48. The number of nitrogens with one attached hydrogen (secondary N) is 2. The molecule has 0 saturated heterocycles. The standard InChI is InChI=1S/C54H48N2O6/c1-38-25-27-39(28-26-38)35-60-44-31-29-40(30-32-44)36-61-52(58)50(55-53(59)62-37-49-47-23-13-11-21-45(47)46-22-12-14-24-48(46)49)33-34-51(57)56-54(41-15-5-2-6-16-41,42-17-7-3-8-18-42)43-19-9-4-10-20-43/h2-32,49-50H,33-37H2,1H3,(H,55,59)(H,56,57)/t50-/m0/s1. The molecule has 0 fully saturated rings. The summed E-state index contributed by atoms with van der Waals surface area (Å²) < 4.78 is 17.6. The molecule has 0 bridgehead atoms. The lowest BCUT2D eigenvalue weighted by Crippen LogP contribution is -2.48. The Bertz CT molecular complexity index is 2460. The third kappa shape index (κ3) is 9.45. The first kappa shape index (κ1) is 41.3. The van der Waals surface area contributed by atoms with Crippen LogP contribution in [-0.4, -0.2) is 30.6 Å². The number of alkyl carbamates (subject to hydrolysis) is 1. The summed E-state index contributed by atoms with van der Waals surface area (Å²) in [6, 6.07) is 59.8. The van der Waals surface area contributed by atoms with Crippen molar-refractivity contribution < 1.29 is 28.6 Å². The molecule has 0 spiro atoms. The van der Waals surface area contributed by atoms with Crippen molar-refractivity contribution in [2.24, 2.45) is 0 Å². The second-order valence-corrected chi connectivity index (χ2v) is 15.5. The van der Waals surface area contributed by atoms with E-state index in [-0.39, 0.29) is 37.9 Å². The monoisotopic (exact) mass is 820 g/mol. The Hall–Kier alpha value is -7.45. The number of esters is 1. The van der Waals surface area contributed by atoms with Crippen LogP contribution in [0.15, 0.2) is 188 Å². The van der Waals surface area contributed by atoms with Crippen LogP contribution in [-0.2, 0) is 37.8 Å². The van der Waals surface area contributed by atoms with E-state index >= 15 is 0 Å². The van der Waals surface area contributed by atoms with Crippen LogP contribution in [0.4, 0.5) is 4.79 Å². The molecule has 0 heterocycles. The van der Waals surface area contributed by atoms with E-state index in [2.05, 4.69) is 22.8 Å². The molecule has 8 nitrogen and oxygen atoms in total. The average molecular weight is 821 g/mol. The smallest absolute Gasteiger partial charge is 0.407 e. The van der Waals surface area contributed by atoms with Gasteiger partial charge >= 0.3 is 12.1 Å². The fourth-order valence-electron chi connectivity index (χ4n) is 8.15. The van der Waals surface area contributed by atoms with Gasteiger partial charge in [0.2, 0.25) is 5.91 Å². The van der Waals surface area contributed by atoms with Crippen LogP contribution >= 0.6 is 0 Å². The van der Waals surface area contributed by atoms with Crippen molar-refractivity contribution >= 4 is 18.0 Å². The van der Waals surface area contributed by atoms with Gasteiger partial charge in [-0.1, -0.05) is 181 Å². The molecule has 0 aliphatic heterocycles. The van der Waals surface area contributed by atoms with E-state index in [1.807, 2.05) is 183 Å². The zero-order chi connectivity index (χ0) is 42.7. The number of benzene rings is 7. The van der Waals surface area contributed by atoms with Crippen LogP contribution in [0, 0.1) is 6.92 Å². The van der Waals surface area contributed by atoms with Crippen molar-refractivity contribution in [1.29, 1.82) is 0 Å². The van der Waals surface area contributed by atoms with Crippen molar-refractivity contribution in [1.82, 2.24) is 10.6 Å². The quantitative estimate of drug-likeness (QED) is 0.0744. The zero-order valence-corrected chi connectivity index (χ0v) is 34.5. The molecule has 0 radical (unpaired) electrons. The lowest BCUT2D eigenvalue weighted by Gasteiger charge is -2.37. The lowest BCUT2D eigenvalue weighted by atomic mass is 9.77. The average Bonchev–Trinajstić information content (AvgIpc) is 3.65. The Kier molecular flexibility index (Phi) is 12.8. The number of amides is 2. The lowest BCUT2D eigenvalue weighted by molar-refractivity contribution is -0.147. The van der Waals surface area contributed by atoms with E-state index < -0.39 is 23.6 Å². The first-order valence-electron chi connectivity index (χ1n) is 20.9. The van der Waals surface area contributed by atoms with E-state index in [0.717, 1.165) is 50.1 Å². The minimum Gasteiger partial charge on any atom is -0.489 e. The maximum atomic E-state index is 14.3. The number of rotatable bonds is 16. The van der Waals surface area contributed by atoms with Gasteiger partial charge in [0.25, 0.3) is 0 Å². The summed E-state index contributed by atoms with van der Waals surface area (Å²) in [5.41, 5.74) is 8.87. The van der Waals surface area contributed by atoms with Gasteiger partial charge in [-0.15, -0.1) is 0 Å². The Morgan fingerprint density at radius 2 is 1.05 bits per heavy atom. The summed E-state index contributed by atoms with van der Waals surface area (Å²) in [5.74, 6) is -0.504. The molecule has 7 aromatic rings. The van der Waals surface area contributed by atoms with E-state index in [1.54, 1.807) is 0 Å². The van der Waals surface area contributed by atoms with Crippen molar-refractivity contribution in [3.05, 3.63) is 233 Å². The highest BCUT2D eigenvalue weighted by atomic mass is 16.6. The van der Waals surface area contributed by atoms with Crippen LogP contribution in [0.25, 0.3) is 11.1 Å². The largest absolute Gasteiger partial charge is 0.489 e. The van der Waals surface area contributed by atoms with Crippen LogP contribution in [0.5, 0.6) is 5.75 Å². The van der Waals surface area contributed by atoms with Crippen LogP contribution < -0.4 is 15.4 Å². The number of hydrogen-bond acceptors (Lipinski definition) is 6. The highest BCUT2D eigenvalue weighted by Crippen LogP contribution is 2.44. The number of carbonyl (C=O) groups excluding carboxylic acids is 3. The summed E-state index contributed by atoms with van der Waals surface area (Å²) in [5, 5.41) is 6.09. The van der Waals surface area contributed by atoms with Gasteiger partial charge in [0.05, 0.1) is 0 Å². The van der Waals surface area contributed by atoms with Crippen molar-refractivity contribution in [2.75, 3.05) is 6.61 Å². The summed E-state index contributed by atoms with van der Waals surface area (Å²) in [4.78, 5) is 41.8. The van der Waals surface area contributed by atoms with E-state index in [0.29, 0.717) is 12.4 Å². The fourth-order valence-corrected chi connectivity index (χ4v) is 8.15. The molecule has 2 N–H and O–H groups in total. The molecule has 0 saturated carbocycles. The fraction of sp³-hybridized carbons (Fsp3) is 0.167. The van der Waals surface area contributed by atoms with Crippen molar-refractivity contribution in [3.8, 4) is 16.9 Å². The van der Waals surface area contributed by atoms with Gasteiger partial charge in [0, 0.05) is 12.3 Å². The zero-order valence-electron chi connectivity index (χ0n) is 34.5. The topological polar surface area (TPSA) is 103 Å². The van der Waals surface area contributed by atoms with Crippen LogP contribution in [0.1, 0.15) is 63.3 Å². The predicted octanol–water partition coefficient (Wildman–Crippen LogP) is 10.4. The second kappa shape index (κ2) is 19.3. The van der Waals surface area contributed by atoms with E-state index in [1.165, 1.54) is 5.56 Å². The maximum Gasteiger partial charge on any atom is 0.407 e. The molecule has 1 aliphatic carbocycles. The molecular weight excluding hydrogens is 773 g/mol. The van der Waals surface area contributed by atoms with Crippen molar-refractivity contribution in [2.45, 2.75) is 50.5 Å². The van der Waals surface area contributed by atoms with Crippen molar-refractivity contribution in [3.63, 3.8) is 0 Å². The number of carbonyl (C=O) groups is 3. The number of ether oxygens (including phenoxy) is 3. The minimum absolute atomic E-state index is 0.0465. The molecular formula is C54H48N2O6. The molecule has 62 heavy (non-hydrogen) atoms. The third-order valence-electron chi connectivity index (χ3n) is 11.4. The van der Waals surface area contributed by atoms with Gasteiger partial charge in [-0.3, -0.25) is 4.79 Å². The van der Waals surface area contributed by atoms with Crippen LogP contribution in [0.3, 0.4) is 0 Å². The molecule has 0 aromatic heterocycles. The molecule has 7 aromatic carbocycles. The highest BCUT2D eigenvalue weighted by Gasteiger charge is 2.38. The predicted molar refractivity (Wildman–Crippen MR) is 240 cm³/mol. The van der Waals surface area contributed by atoms with E-state index in [4.69, 9.17) is 14.2 Å². The van der Waals surface area contributed by atoms with Crippen LogP contribution in [0.2, 0.25) is 0 Å². The summed E-state index contributed by atoms with van der Waals surface area (Å²) in [7, 11) is 0. The first-order chi connectivity index (χ1) is 30.4. The van der Waals surface area contributed by atoms with Gasteiger partial charge in [-0.05, 0) is 75.5 Å². The van der Waals surface area contributed by atoms with Gasteiger partial charge in [0.15, 0.2) is 0 Å². The number of fused-ring (bicyclic) bond motifs is 3. The highest BCUT2D eigenvalue weighted by molar-refractivity contribution is 5.84. The Labute approximate surface area is 362 Å². The number of hydrogen-bond donors (Lipinski definition) is 2. The molecule has 0 unspecified atom stereocenters. The van der Waals surface area contributed by atoms with E-state index in [9.17, 15) is 14.4 Å². The second-order valence-electron chi connectivity index (χ2n) is 15.5. The molecule has 1 aliphatic rings. The molecule has 2 amide bonds. The Morgan fingerprint density at radius 3 is 1.60 bits per heavy atom. The van der Waals surface area contributed by atoms with Gasteiger partial charge in [-0.25, -0.2) is 9.59 Å². The molecule has 8 heteroatoms. The summed E-state index contributed by atoms with van der Waals surface area (Å²) >= 11 is 0. The Morgan fingerprint density at radius 1 is 0.565 bits per heavy atom. The maximum absolute atomic E-state index is 14.3. The number of aryl methyl sites for hydroxylation is 1. The SMILES string of the molecule is Cc1ccc(COc2ccc(COC(=O)[C@H](CCC(=O)NC(c3ccccc3)(c3ccccc3)c3ccccc3)NC(=O)OCC3c4ccccc4-c4ccccc43)cc2)cc1. The van der Waals surface area contributed by atoms with Gasteiger partial charge < -0.3 is 24.8 Å². The molecule has 1 atom stereocenters. The summed E-state index contributed by atoms with van der Waals surface area (Å²) in [6.07, 6.45) is -0.934. The normalized spacial score (nSPS) is 12.3. The van der Waals surface area contributed by atoms with Gasteiger partial charge in [0.1, 0.15) is 37.2 Å². The first-order valence-corrected chi connectivity index (χ1v) is 20.9. The third-order valence-corrected chi connectivity index (χ3v) is 11.4. The minimum atomic E-state index is -1.19. The Balaban J connectivity index is 0.980. The van der Waals surface area contributed by atoms with Gasteiger partial charge in [-0.2, -0.15) is 0 Å². The molecule has 310 valence electrons.